The first-order valence-corrected chi connectivity index (χ1v) is 9.06. The average molecular weight is 462 g/mol. The maximum absolute atomic E-state index is 14.4. The van der Waals surface area contributed by atoms with E-state index in [1.807, 2.05) is 0 Å². The van der Waals surface area contributed by atoms with Crippen molar-refractivity contribution >= 4 is 29.2 Å². The number of carbonyl (C=O) groups excluding carboxylic acids is 1. The molecule has 3 rings (SSSR count). The van der Waals surface area contributed by atoms with Crippen LogP contribution >= 0.6 is 11.6 Å². The van der Waals surface area contributed by atoms with Gasteiger partial charge in [0, 0.05) is 12.5 Å². The lowest BCUT2D eigenvalue weighted by Crippen LogP contribution is -2.46. The molecule has 1 aliphatic heterocycles. The minimum atomic E-state index is -4.71. The lowest BCUT2D eigenvalue weighted by Gasteiger charge is -2.37. The molecule has 0 radical (unpaired) electrons. The van der Waals surface area contributed by atoms with Crippen molar-refractivity contribution in [2.45, 2.75) is 31.2 Å². The molecule has 0 saturated heterocycles. The summed E-state index contributed by atoms with van der Waals surface area (Å²) in [5.74, 6) is -1.51. The zero-order valence-corrected chi connectivity index (χ0v) is 16.9. The van der Waals surface area contributed by atoms with Crippen molar-refractivity contribution < 1.29 is 31.8 Å². The number of ether oxygens (including phenoxy) is 2. The fourth-order valence-corrected chi connectivity index (χ4v) is 3.24. The Morgan fingerprint density at radius 3 is 2.68 bits per heavy atom. The molecule has 0 aliphatic carbocycles. The van der Waals surface area contributed by atoms with E-state index >= 15 is 0 Å². The van der Waals surface area contributed by atoms with Gasteiger partial charge in [0.1, 0.15) is 17.0 Å². The normalized spacial score (nSPS) is 21.1. The van der Waals surface area contributed by atoms with Crippen molar-refractivity contribution in [3.05, 3.63) is 46.8 Å². The van der Waals surface area contributed by atoms with Gasteiger partial charge in [0.2, 0.25) is 5.95 Å². The number of aromatic nitrogens is 2. The Bertz CT molecular complexity index is 1050. The minimum absolute atomic E-state index is 0.00766. The number of nitrogens with one attached hydrogen (secondary N) is 1. The fourth-order valence-electron chi connectivity index (χ4n) is 3.00. The Morgan fingerprint density at radius 1 is 1.35 bits per heavy atom. The van der Waals surface area contributed by atoms with Crippen molar-refractivity contribution in [3.8, 4) is 5.75 Å². The molecular formula is C18H16ClF4N5O3. The molecule has 3 N–H and O–H groups in total. The number of amidine groups is 1. The second kappa shape index (κ2) is 8.17. The molecule has 3 heterocycles. The summed E-state index contributed by atoms with van der Waals surface area (Å²) >= 11 is 6.01. The Kier molecular flexibility index (Phi) is 5.94. The highest BCUT2D eigenvalue weighted by Gasteiger charge is 2.49. The molecule has 0 bridgehead atoms. The monoisotopic (exact) mass is 461 g/mol. The van der Waals surface area contributed by atoms with Gasteiger partial charge >= 0.3 is 6.18 Å². The molecule has 0 spiro atoms. The largest absolute Gasteiger partial charge is 0.495 e. The van der Waals surface area contributed by atoms with Gasteiger partial charge in [-0.15, -0.1) is 0 Å². The first-order valence-electron chi connectivity index (χ1n) is 8.69. The minimum Gasteiger partial charge on any atom is -0.495 e. The molecular weight excluding hydrogens is 446 g/mol. The number of carbonyl (C=O) groups is 1. The van der Waals surface area contributed by atoms with E-state index in [0.717, 1.165) is 12.3 Å². The van der Waals surface area contributed by atoms with Crippen LogP contribution in [0.5, 0.6) is 5.75 Å². The van der Waals surface area contributed by atoms with Crippen LogP contribution in [0.1, 0.15) is 29.4 Å². The van der Waals surface area contributed by atoms with Gasteiger partial charge in [0.15, 0.2) is 6.04 Å². The van der Waals surface area contributed by atoms with Gasteiger partial charge < -0.3 is 20.5 Å². The van der Waals surface area contributed by atoms with E-state index in [2.05, 4.69) is 20.3 Å². The summed E-state index contributed by atoms with van der Waals surface area (Å²) in [6.45, 7) is 1.22. The maximum Gasteiger partial charge on any atom is 0.411 e. The molecule has 1 amide bonds. The summed E-state index contributed by atoms with van der Waals surface area (Å²) in [4.78, 5) is 23.1. The van der Waals surface area contributed by atoms with E-state index in [1.54, 1.807) is 0 Å². The number of nitrogens with two attached hydrogens (primary N) is 1. The van der Waals surface area contributed by atoms with Gasteiger partial charge in [0.05, 0.1) is 35.8 Å². The van der Waals surface area contributed by atoms with Gasteiger partial charge in [0.25, 0.3) is 11.9 Å². The number of nitrogens with zero attached hydrogens (tertiary/aromatic N) is 3. The van der Waals surface area contributed by atoms with E-state index in [4.69, 9.17) is 26.8 Å². The summed E-state index contributed by atoms with van der Waals surface area (Å²) < 4.78 is 64.2. The Balaban J connectivity index is 1.90. The number of rotatable bonds is 4. The Labute approximate surface area is 178 Å². The first-order chi connectivity index (χ1) is 14.4. The number of hydrogen-bond acceptors (Lipinski definition) is 7. The number of hydrogen-bond donors (Lipinski definition) is 2. The quantitative estimate of drug-likeness (QED) is 0.533. The van der Waals surface area contributed by atoms with Crippen LogP contribution < -0.4 is 15.8 Å². The first kappa shape index (κ1) is 22.5. The van der Waals surface area contributed by atoms with E-state index < -0.39 is 42.1 Å². The topological polar surface area (TPSA) is 112 Å². The van der Waals surface area contributed by atoms with Gasteiger partial charge in [-0.05, 0) is 13.0 Å². The fraction of sp³-hybridized carbons (Fsp3) is 0.333. The Hall–Kier alpha value is -3.15. The van der Waals surface area contributed by atoms with Crippen LogP contribution in [0, 0.1) is 5.95 Å². The van der Waals surface area contributed by atoms with Crippen molar-refractivity contribution in [2.24, 2.45) is 10.7 Å². The third-order valence-electron chi connectivity index (χ3n) is 4.51. The van der Waals surface area contributed by atoms with E-state index in [0.29, 0.717) is 5.75 Å². The highest BCUT2D eigenvalue weighted by Crippen LogP contribution is 2.40. The highest BCUT2D eigenvalue weighted by atomic mass is 35.5. The van der Waals surface area contributed by atoms with E-state index in [1.165, 1.54) is 26.3 Å². The molecule has 0 fully saturated rings. The van der Waals surface area contributed by atoms with Crippen molar-refractivity contribution in [3.63, 3.8) is 0 Å². The molecule has 31 heavy (non-hydrogen) atoms. The van der Waals surface area contributed by atoms with Crippen LogP contribution in [0.15, 0.2) is 29.5 Å². The van der Waals surface area contributed by atoms with Crippen LogP contribution in [-0.4, -0.2) is 41.2 Å². The van der Waals surface area contributed by atoms with Crippen molar-refractivity contribution in [2.75, 3.05) is 12.4 Å². The third kappa shape index (κ3) is 4.79. The molecule has 166 valence electrons. The second-order valence-corrected chi connectivity index (χ2v) is 7.19. The summed E-state index contributed by atoms with van der Waals surface area (Å²) in [6, 6.07) is -0.456. The number of alkyl halides is 3. The lowest BCUT2D eigenvalue weighted by molar-refractivity contribution is -0.164. The second-order valence-electron chi connectivity index (χ2n) is 6.78. The van der Waals surface area contributed by atoms with Crippen LogP contribution in [0.3, 0.4) is 0 Å². The number of amides is 1. The summed E-state index contributed by atoms with van der Waals surface area (Å²) in [5.41, 5.74) is 3.05. The molecule has 0 unspecified atom stereocenters. The molecule has 2 atom stereocenters. The van der Waals surface area contributed by atoms with Crippen LogP contribution in [0.25, 0.3) is 0 Å². The third-order valence-corrected chi connectivity index (χ3v) is 4.80. The summed E-state index contributed by atoms with van der Waals surface area (Å²) in [6.07, 6.45) is -3.19. The Morgan fingerprint density at radius 2 is 2.06 bits per heavy atom. The number of aliphatic imine (C=N–C) groups is 1. The van der Waals surface area contributed by atoms with Crippen molar-refractivity contribution in [1.82, 2.24) is 9.97 Å². The van der Waals surface area contributed by atoms with Gasteiger partial charge in [-0.1, -0.05) is 11.6 Å². The molecule has 13 heteroatoms. The summed E-state index contributed by atoms with van der Waals surface area (Å²) in [5, 5.41) is 2.41. The van der Waals surface area contributed by atoms with Gasteiger partial charge in [-0.3, -0.25) is 4.79 Å². The highest BCUT2D eigenvalue weighted by molar-refractivity contribution is 6.34. The van der Waals surface area contributed by atoms with E-state index in [-0.39, 0.29) is 22.0 Å². The van der Waals surface area contributed by atoms with Crippen molar-refractivity contribution in [1.29, 1.82) is 0 Å². The lowest BCUT2D eigenvalue weighted by atomic mass is 9.88. The zero-order valence-electron chi connectivity index (χ0n) is 16.1. The molecule has 0 aromatic carbocycles. The maximum atomic E-state index is 14.4. The molecule has 0 saturated carbocycles. The smallest absolute Gasteiger partial charge is 0.411 e. The standard InChI is InChI=1S/C18H16ClF4N5O3/c1-17(5-12(18(21,22)23)28-16(24)31-17)10-3-8(6-26-14(10)20)27-15(29)13-11(19)4-9(30-2)7-25-13/h3-4,6-7,12H,5H2,1-2H3,(H2,24,28)(H,27,29)/t12-,17-/m0/s1. The molecule has 2 aromatic rings. The van der Waals surface area contributed by atoms with Crippen LogP contribution in [0.4, 0.5) is 23.2 Å². The van der Waals surface area contributed by atoms with Crippen LogP contribution in [-0.2, 0) is 10.3 Å². The predicted octanol–water partition coefficient (Wildman–Crippen LogP) is 3.41. The van der Waals surface area contributed by atoms with E-state index in [9.17, 15) is 22.4 Å². The zero-order chi connectivity index (χ0) is 23.0. The molecule has 8 nitrogen and oxygen atoms in total. The predicted molar refractivity (Wildman–Crippen MR) is 102 cm³/mol. The van der Waals surface area contributed by atoms with Gasteiger partial charge in [-0.25, -0.2) is 15.0 Å². The number of halogens is 5. The molecule has 1 aliphatic rings. The number of pyridine rings is 2. The average Bonchev–Trinajstić information content (AvgIpc) is 2.67. The SMILES string of the molecule is COc1cnc(C(=O)Nc2cnc(F)c([C@]3(C)C[C@@H](C(F)(F)F)N=C(N)O3)c2)c(Cl)c1. The number of anilines is 1. The number of methoxy groups -OCH3 is 1. The van der Waals surface area contributed by atoms with Crippen LogP contribution in [0.2, 0.25) is 5.02 Å². The van der Waals surface area contributed by atoms with Gasteiger partial charge in [-0.2, -0.15) is 17.6 Å². The molecule has 2 aromatic heterocycles. The summed E-state index contributed by atoms with van der Waals surface area (Å²) in [7, 11) is 1.40.